The van der Waals surface area contributed by atoms with E-state index in [4.69, 9.17) is 20.3 Å². The number of ether oxygens (including phenoxy) is 1. The standard InChI is InChI=1S/C21H35N5O3/c1-8-11-16-24-17-18(14(2)15(3)23-19(17)22)25(16)12-9-10-13-26(28-7)20(27)29-21(4,5)6/h8-13H2,1-7H3,(H2,22,23). The van der Waals surface area contributed by atoms with Crippen molar-refractivity contribution < 1.29 is 14.4 Å². The fraction of sp³-hybridized carbons (Fsp3) is 0.667. The van der Waals surface area contributed by atoms with Gasteiger partial charge in [-0.1, -0.05) is 6.92 Å². The number of unbranched alkanes of at least 4 members (excludes halogenated alkanes) is 1. The van der Waals surface area contributed by atoms with E-state index in [1.165, 1.54) is 12.2 Å². The summed E-state index contributed by atoms with van der Waals surface area (Å²) in [7, 11) is 1.48. The molecular weight excluding hydrogens is 370 g/mol. The lowest BCUT2D eigenvalue weighted by Crippen LogP contribution is -2.36. The first-order valence-corrected chi connectivity index (χ1v) is 10.3. The summed E-state index contributed by atoms with van der Waals surface area (Å²) in [4.78, 5) is 26.6. The average Bonchev–Trinajstić information content (AvgIpc) is 2.97. The summed E-state index contributed by atoms with van der Waals surface area (Å²) >= 11 is 0. The van der Waals surface area contributed by atoms with Crippen molar-refractivity contribution in [1.82, 2.24) is 19.6 Å². The number of pyridine rings is 1. The SMILES string of the molecule is CCCc1nc2c(N)nc(C)c(C)c2n1CCCCN(OC)C(=O)OC(C)(C)C. The van der Waals surface area contributed by atoms with Gasteiger partial charge in [0.1, 0.15) is 16.9 Å². The molecule has 2 aromatic rings. The van der Waals surface area contributed by atoms with Crippen molar-refractivity contribution in [3.63, 3.8) is 0 Å². The topological polar surface area (TPSA) is 95.5 Å². The van der Waals surface area contributed by atoms with E-state index in [-0.39, 0.29) is 0 Å². The molecule has 0 aliphatic heterocycles. The second-order valence-corrected chi connectivity index (χ2v) is 8.31. The summed E-state index contributed by atoms with van der Waals surface area (Å²) in [6, 6.07) is 0. The first-order chi connectivity index (χ1) is 13.6. The molecule has 29 heavy (non-hydrogen) atoms. The van der Waals surface area contributed by atoms with E-state index in [0.717, 1.165) is 60.3 Å². The number of anilines is 1. The maximum absolute atomic E-state index is 12.2. The van der Waals surface area contributed by atoms with Crippen LogP contribution in [-0.2, 0) is 22.5 Å². The monoisotopic (exact) mass is 405 g/mol. The molecule has 2 rings (SSSR count). The summed E-state index contributed by atoms with van der Waals surface area (Å²) in [6.45, 7) is 12.9. The normalized spacial score (nSPS) is 11.8. The lowest BCUT2D eigenvalue weighted by Gasteiger charge is -2.25. The molecule has 2 heterocycles. The molecule has 0 aromatic carbocycles. The summed E-state index contributed by atoms with van der Waals surface area (Å²) in [5.74, 6) is 1.51. The Morgan fingerprint density at radius 2 is 1.90 bits per heavy atom. The molecule has 0 atom stereocenters. The number of imidazole rings is 1. The first kappa shape index (κ1) is 22.9. The molecule has 0 spiro atoms. The third kappa shape index (κ3) is 5.59. The van der Waals surface area contributed by atoms with Crippen molar-refractivity contribution in [1.29, 1.82) is 0 Å². The van der Waals surface area contributed by atoms with Crippen molar-refractivity contribution in [2.75, 3.05) is 19.4 Å². The van der Waals surface area contributed by atoms with Crippen LogP contribution >= 0.6 is 0 Å². The van der Waals surface area contributed by atoms with Crippen molar-refractivity contribution in [2.24, 2.45) is 0 Å². The fourth-order valence-electron chi connectivity index (χ4n) is 3.30. The molecule has 1 amide bonds. The Hall–Kier alpha value is -2.35. The van der Waals surface area contributed by atoms with E-state index >= 15 is 0 Å². The van der Waals surface area contributed by atoms with Gasteiger partial charge in [-0.05, 0) is 59.4 Å². The van der Waals surface area contributed by atoms with Crippen LogP contribution in [0.25, 0.3) is 11.0 Å². The number of nitrogen functional groups attached to an aromatic ring is 1. The van der Waals surface area contributed by atoms with Gasteiger partial charge in [-0.15, -0.1) is 0 Å². The average molecular weight is 406 g/mol. The minimum absolute atomic E-state index is 0.461. The van der Waals surface area contributed by atoms with Crippen LogP contribution in [0.1, 0.15) is 64.0 Å². The molecular formula is C21H35N5O3. The van der Waals surface area contributed by atoms with Crippen molar-refractivity contribution in [3.8, 4) is 0 Å². The Labute approximate surface area is 173 Å². The predicted octanol–water partition coefficient (Wildman–Crippen LogP) is 4.16. The number of carbonyl (C=O) groups excluding carboxylic acids is 1. The molecule has 2 N–H and O–H groups in total. The van der Waals surface area contributed by atoms with Gasteiger partial charge < -0.3 is 15.0 Å². The lowest BCUT2D eigenvalue weighted by molar-refractivity contribution is -0.124. The number of hydrogen-bond donors (Lipinski definition) is 1. The highest BCUT2D eigenvalue weighted by atomic mass is 16.7. The van der Waals surface area contributed by atoms with Crippen LogP contribution in [0.15, 0.2) is 0 Å². The molecule has 8 nitrogen and oxygen atoms in total. The van der Waals surface area contributed by atoms with E-state index in [0.29, 0.717) is 12.4 Å². The third-order valence-electron chi connectivity index (χ3n) is 4.76. The molecule has 0 fully saturated rings. The highest BCUT2D eigenvalue weighted by molar-refractivity contribution is 5.88. The quantitative estimate of drug-likeness (QED) is 0.523. The maximum atomic E-state index is 12.2. The van der Waals surface area contributed by atoms with Gasteiger partial charge in [0, 0.05) is 18.7 Å². The maximum Gasteiger partial charge on any atom is 0.434 e. The number of amides is 1. The van der Waals surface area contributed by atoms with Crippen molar-refractivity contribution in [2.45, 2.75) is 79.4 Å². The van der Waals surface area contributed by atoms with Crippen LogP contribution in [0.4, 0.5) is 10.6 Å². The number of hydrogen-bond acceptors (Lipinski definition) is 6. The summed E-state index contributed by atoms with van der Waals surface area (Å²) in [5.41, 5.74) is 9.46. The Bertz CT molecular complexity index is 854. The zero-order valence-corrected chi connectivity index (χ0v) is 18.8. The molecule has 0 radical (unpaired) electrons. The van der Waals surface area contributed by atoms with Crippen molar-refractivity contribution in [3.05, 3.63) is 17.1 Å². The number of fused-ring (bicyclic) bond motifs is 1. The molecule has 162 valence electrons. The minimum Gasteiger partial charge on any atom is -0.442 e. The number of rotatable bonds is 8. The van der Waals surface area contributed by atoms with Crippen LogP contribution in [0, 0.1) is 13.8 Å². The van der Waals surface area contributed by atoms with Gasteiger partial charge in [0.25, 0.3) is 0 Å². The fourth-order valence-corrected chi connectivity index (χ4v) is 3.30. The van der Waals surface area contributed by atoms with Crippen LogP contribution < -0.4 is 5.73 Å². The number of nitrogens with zero attached hydrogens (tertiary/aromatic N) is 4. The predicted molar refractivity (Wildman–Crippen MR) is 115 cm³/mol. The van der Waals surface area contributed by atoms with E-state index in [1.807, 2.05) is 27.7 Å². The number of nitrogens with two attached hydrogens (primary N) is 1. The van der Waals surface area contributed by atoms with Gasteiger partial charge in [0.2, 0.25) is 0 Å². The second kappa shape index (κ2) is 9.43. The highest BCUT2D eigenvalue weighted by Crippen LogP contribution is 2.27. The second-order valence-electron chi connectivity index (χ2n) is 8.31. The van der Waals surface area contributed by atoms with E-state index in [1.54, 1.807) is 0 Å². The molecule has 0 bridgehead atoms. The van der Waals surface area contributed by atoms with Gasteiger partial charge in [0.05, 0.1) is 19.2 Å². The number of carbonyl (C=O) groups is 1. The van der Waals surface area contributed by atoms with Gasteiger partial charge in [-0.2, -0.15) is 5.06 Å². The molecule has 0 saturated heterocycles. The van der Waals surface area contributed by atoms with Gasteiger partial charge in [-0.25, -0.2) is 14.8 Å². The van der Waals surface area contributed by atoms with Crippen LogP contribution in [0.2, 0.25) is 0 Å². The molecule has 0 aliphatic rings. The summed E-state index contributed by atoms with van der Waals surface area (Å²) in [6.07, 6.45) is 3.06. The largest absolute Gasteiger partial charge is 0.442 e. The zero-order valence-electron chi connectivity index (χ0n) is 18.8. The minimum atomic E-state index is -0.554. The number of hydroxylamine groups is 2. The van der Waals surface area contributed by atoms with Crippen LogP contribution in [0.3, 0.4) is 0 Å². The third-order valence-corrected chi connectivity index (χ3v) is 4.76. The van der Waals surface area contributed by atoms with E-state index < -0.39 is 11.7 Å². The Kier molecular flexibility index (Phi) is 7.46. The zero-order chi connectivity index (χ0) is 21.8. The molecule has 0 unspecified atom stereocenters. The summed E-state index contributed by atoms with van der Waals surface area (Å²) in [5, 5.41) is 1.27. The molecule has 8 heteroatoms. The van der Waals surface area contributed by atoms with Crippen LogP contribution in [0.5, 0.6) is 0 Å². The molecule has 2 aromatic heterocycles. The molecule has 0 aliphatic carbocycles. The van der Waals surface area contributed by atoms with Crippen molar-refractivity contribution >= 4 is 22.9 Å². The Morgan fingerprint density at radius 3 is 2.48 bits per heavy atom. The smallest absolute Gasteiger partial charge is 0.434 e. The number of aromatic nitrogens is 3. The van der Waals surface area contributed by atoms with E-state index in [2.05, 4.69) is 23.4 Å². The highest BCUT2D eigenvalue weighted by Gasteiger charge is 2.22. The first-order valence-electron chi connectivity index (χ1n) is 10.3. The summed E-state index contributed by atoms with van der Waals surface area (Å²) < 4.78 is 7.62. The molecule has 0 saturated carbocycles. The lowest BCUT2D eigenvalue weighted by atomic mass is 10.2. The van der Waals surface area contributed by atoms with Gasteiger partial charge >= 0.3 is 6.09 Å². The van der Waals surface area contributed by atoms with Crippen LogP contribution in [-0.4, -0.2) is 44.9 Å². The Morgan fingerprint density at radius 1 is 1.21 bits per heavy atom. The van der Waals surface area contributed by atoms with E-state index in [9.17, 15) is 4.79 Å². The van der Waals surface area contributed by atoms with Gasteiger partial charge in [-0.3, -0.25) is 4.84 Å². The number of aryl methyl sites for hydroxylation is 4. The van der Waals surface area contributed by atoms with Gasteiger partial charge in [0.15, 0.2) is 5.82 Å². The Balaban J connectivity index is 2.12.